The molecule has 3 rings (SSSR count). The maximum absolute atomic E-state index is 6.24. The molecule has 0 aromatic heterocycles. The lowest BCUT2D eigenvalue weighted by atomic mass is 9.90. The first kappa shape index (κ1) is 16.4. The van der Waals surface area contributed by atoms with Gasteiger partial charge in [-0.15, -0.1) is 6.58 Å². The highest BCUT2D eigenvalue weighted by Gasteiger charge is 2.55. The topological polar surface area (TPSA) is 36.9 Å². The van der Waals surface area contributed by atoms with Crippen LogP contribution in [0.4, 0.5) is 0 Å². The van der Waals surface area contributed by atoms with E-state index in [1.165, 1.54) is 32.1 Å². The number of rotatable bonds is 7. The highest BCUT2D eigenvalue weighted by Crippen LogP contribution is 2.42. The van der Waals surface area contributed by atoms with Crippen molar-refractivity contribution in [2.75, 3.05) is 19.8 Å². The van der Waals surface area contributed by atoms with E-state index in [0.717, 1.165) is 18.9 Å². The Bertz CT molecular complexity index is 366. The van der Waals surface area contributed by atoms with Gasteiger partial charge in [-0.3, -0.25) is 0 Å². The number of hydrogen-bond donors (Lipinski definition) is 0. The Morgan fingerprint density at radius 3 is 2.77 bits per heavy atom. The molecule has 0 aromatic carbocycles. The van der Waals surface area contributed by atoms with Crippen molar-refractivity contribution in [2.24, 2.45) is 5.92 Å². The molecular formula is C18H30O4. The Morgan fingerprint density at radius 2 is 2.05 bits per heavy atom. The molecule has 0 radical (unpaired) electrons. The van der Waals surface area contributed by atoms with Crippen LogP contribution in [-0.2, 0) is 18.9 Å². The second-order valence-electron chi connectivity index (χ2n) is 6.83. The summed E-state index contributed by atoms with van der Waals surface area (Å²) < 4.78 is 24.3. The minimum absolute atomic E-state index is 0.0419. The normalized spacial score (nSPS) is 39.0. The van der Waals surface area contributed by atoms with Crippen LogP contribution in [0.2, 0.25) is 0 Å². The molecule has 0 spiro atoms. The molecule has 4 atom stereocenters. The van der Waals surface area contributed by atoms with Gasteiger partial charge in [-0.05, 0) is 25.7 Å². The van der Waals surface area contributed by atoms with Crippen molar-refractivity contribution in [3.8, 4) is 0 Å². The van der Waals surface area contributed by atoms with Gasteiger partial charge in [0.2, 0.25) is 0 Å². The van der Waals surface area contributed by atoms with Gasteiger partial charge in [0.1, 0.15) is 12.2 Å². The number of ether oxygens (including phenoxy) is 4. The summed E-state index contributed by atoms with van der Waals surface area (Å²) in [6, 6.07) is 0. The van der Waals surface area contributed by atoms with Gasteiger partial charge in [0.05, 0.1) is 12.7 Å². The van der Waals surface area contributed by atoms with Gasteiger partial charge in [0.15, 0.2) is 5.79 Å². The minimum Gasteiger partial charge on any atom is -0.375 e. The summed E-state index contributed by atoms with van der Waals surface area (Å²) in [5, 5.41) is 0. The van der Waals surface area contributed by atoms with Crippen LogP contribution in [0.25, 0.3) is 0 Å². The van der Waals surface area contributed by atoms with Crippen LogP contribution in [0.3, 0.4) is 0 Å². The summed E-state index contributed by atoms with van der Waals surface area (Å²) in [4.78, 5) is 0. The van der Waals surface area contributed by atoms with E-state index in [1.807, 2.05) is 13.0 Å². The average Bonchev–Trinajstić information content (AvgIpc) is 2.91. The summed E-state index contributed by atoms with van der Waals surface area (Å²) in [7, 11) is 0. The van der Waals surface area contributed by atoms with Crippen molar-refractivity contribution in [3.05, 3.63) is 12.7 Å². The largest absolute Gasteiger partial charge is 0.375 e. The fraction of sp³-hybridized carbons (Fsp3) is 0.889. The van der Waals surface area contributed by atoms with Crippen LogP contribution in [0.5, 0.6) is 0 Å². The molecular weight excluding hydrogens is 280 g/mol. The Hall–Kier alpha value is -0.420. The fourth-order valence-corrected chi connectivity index (χ4v) is 4.07. The zero-order valence-electron chi connectivity index (χ0n) is 13.8. The molecule has 22 heavy (non-hydrogen) atoms. The summed E-state index contributed by atoms with van der Waals surface area (Å²) in [6.45, 7) is 7.97. The van der Waals surface area contributed by atoms with Crippen molar-refractivity contribution in [3.63, 3.8) is 0 Å². The van der Waals surface area contributed by atoms with E-state index in [0.29, 0.717) is 19.6 Å². The highest BCUT2D eigenvalue weighted by atomic mass is 16.8. The molecule has 1 unspecified atom stereocenters. The lowest BCUT2D eigenvalue weighted by Crippen LogP contribution is -2.53. The first-order valence-electron chi connectivity index (χ1n) is 8.93. The van der Waals surface area contributed by atoms with Gasteiger partial charge in [0.25, 0.3) is 0 Å². The van der Waals surface area contributed by atoms with E-state index in [1.54, 1.807) is 0 Å². The maximum atomic E-state index is 6.24. The van der Waals surface area contributed by atoms with Crippen LogP contribution in [-0.4, -0.2) is 43.9 Å². The smallest absolute Gasteiger partial charge is 0.198 e. The second-order valence-corrected chi connectivity index (χ2v) is 6.83. The van der Waals surface area contributed by atoms with Crippen molar-refractivity contribution >= 4 is 0 Å². The molecule has 4 nitrogen and oxygen atoms in total. The quantitative estimate of drug-likeness (QED) is 0.675. The Morgan fingerprint density at radius 1 is 1.23 bits per heavy atom. The monoisotopic (exact) mass is 310 g/mol. The van der Waals surface area contributed by atoms with E-state index < -0.39 is 5.79 Å². The Labute approximate surface area is 134 Å². The molecule has 1 saturated carbocycles. The molecule has 1 aliphatic carbocycles. The van der Waals surface area contributed by atoms with Crippen LogP contribution < -0.4 is 0 Å². The van der Waals surface area contributed by atoms with Gasteiger partial charge in [-0.25, -0.2) is 0 Å². The maximum Gasteiger partial charge on any atom is 0.198 e. The highest BCUT2D eigenvalue weighted by molar-refractivity contribution is 5.00. The van der Waals surface area contributed by atoms with Crippen LogP contribution in [0.1, 0.15) is 51.9 Å². The molecule has 0 amide bonds. The average molecular weight is 310 g/mol. The standard InChI is InChI=1S/C18H30O4/c1-3-10-18-17(19-4-2)11-15(16(22-18)13-21-18)20-12-14-8-6-5-7-9-14/h3,14-17H,1,4-13H2,2H3/t15-,16+,17+,18?/m0/s1. The molecule has 3 fully saturated rings. The van der Waals surface area contributed by atoms with Crippen LogP contribution in [0.15, 0.2) is 12.7 Å². The van der Waals surface area contributed by atoms with Crippen molar-refractivity contribution < 1.29 is 18.9 Å². The van der Waals surface area contributed by atoms with Gasteiger partial charge in [-0.1, -0.05) is 25.3 Å². The molecule has 2 saturated heterocycles. The van der Waals surface area contributed by atoms with Crippen LogP contribution >= 0.6 is 0 Å². The van der Waals surface area contributed by atoms with E-state index >= 15 is 0 Å². The van der Waals surface area contributed by atoms with E-state index in [4.69, 9.17) is 18.9 Å². The van der Waals surface area contributed by atoms with Crippen LogP contribution in [0, 0.1) is 5.92 Å². The SMILES string of the molecule is C=CCC12OC[C@@H](O1)[C@@H](OCC1CCCCC1)C[C@H]2OCC. The van der Waals surface area contributed by atoms with Gasteiger partial charge >= 0.3 is 0 Å². The lowest BCUT2D eigenvalue weighted by Gasteiger charge is -2.41. The van der Waals surface area contributed by atoms with E-state index in [2.05, 4.69) is 6.58 Å². The second kappa shape index (κ2) is 7.43. The van der Waals surface area contributed by atoms with E-state index in [9.17, 15) is 0 Å². The molecule has 2 heterocycles. The Kier molecular flexibility index (Phi) is 5.55. The third kappa shape index (κ3) is 3.40. The molecule has 2 aliphatic heterocycles. The summed E-state index contributed by atoms with van der Waals surface area (Å²) in [6.07, 6.45) is 10.2. The van der Waals surface area contributed by atoms with Gasteiger partial charge in [0, 0.05) is 26.1 Å². The third-order valence-corrected chi connectivity index (χ3v) is 5.26. The number of hydrogen-bond acceptors (Lipinski definition) is 4. The summed E-state index contributed by atoms with van der Waals surface area (Å²) in [5.41, 5.74) is 0. The Balaban J connectivity index is 1.58. The molecule has 126 valence electrons. The zero-order chi connectivity index (χ0) is 15.4. The van der Waals surface area contributed by atoms with Crippen molar-refractivity contribution in [1.82, 2.24) is 0 Å². The first-order valence-corrected chi connectivity index (χ1v) is 8.93. The predicted molar refractivity (Wildman–Crippen MR) is 84.7 cm³/mol. The molecule has 3 aliphatic rings. The van der Waals surface area contributed by atoms with Gasteiger partial charge in [-0.2, -0.15) is 0 Å². The predicted octanol–water partition coefficient (Wildman–Crippen LogP) is 3.45. The van der Waals surface area contributed by atoms with Crippen molar-refractivity contribution in [1.29, 1.82) is 0 Å². The molecule has 0 aromatic rings. The fourth-order valence-electron chi connectivity index (χ4n) is 4.07. The minimum atomic E-state index is -0.632. The van der Waals surface area contributed by atoms with Gasteiger partial charge < -0.3 is 18.9 Å². The summed E-state index contributed by atoms with van der Waals surface area (Å²) >= 11 is 0. The molecule has 4 heteroatoms. The summed E-state index contributed by atoms with van der Waals surface area (Å²) in [5.74, 6) is 0.0918. The van der Waals surface area contributed by atoms with E-state index in [-0.39, 0.29) is 18.3 Å². The zero-order valence-corrected chi connectivity index (χ0v) is 13.8. The number of fused-ring (bicyclic) bond motifs is 2. The molecule has 0 N–H and O–H groups in total. The van der Waals surface area contributed by atoms with Crippen molar-refractivity contribution in [2.45, 2.75) is 76.0 Å². The third-order valence-electron chi connectivity index (χ3n) is 5.26. The lowest BCUT2D eigenvalue weighted by molar-refractivity contribution is -0.276. The first-order chi connectivity index (χ1) is 10.8. The molecule has 2 bridgehead atoms.